The van der Waals surface area contributed by atoms with Gasteiger partial charge in [0.05, 0.1) is 5.39 Å². The lowest BCUT2D eigenvalue weighted by Crippen LogP contribution is -2.49. The zero-order valence-electron chi connectivity index (χ0n) is 14.1. The third-order valence-electron chi connectivity index (χ3n) is 4.44. The van der Waals surface area contributed by atoms with Crippen LogP contribution in [0.3, 0.4) is 0 Å². The van der Waals surface area contributed by atoms with Crippen molar-refractivity contribution in [3.05, 3.63) is 30.7 Å². The van der Waals surface area contributed by atoms with E-state index in [0.29, 0.717) is 13.1 Å². The quantitative estimate of drug-likeness (QED) is 0.725. The number of fused-ring (bicyclic) bond motifs is 1. The zero-order valence-corrected chi connectivity index (χ0v) is 14.1. The summed E-state index contributed by atoms with van der Waals surface area (Å²) in [7, 11) is 1.86. The lowest BCUT2D eigenvalue weighted by atomic mass is 9.99. The molecule has 0 radical (unpaired) electrons. The summed E-state index contributed by atoms with van der Waals surface area (Å²) in [5.41, 5.74) is 0.819. The first-order valence-corrected chi connectivity index (χ1v) is 8.35. The van der Waals surface area contributed by atoms with E-state index in [0.717, 1.165) is 29.7 Å². The van der Waals surface area contributed by atoms with Crippen LogP contribution in [-0.4, -0.2) is 58.0 Å². The van der Waals surface area contributed by atoms with Gasteiger partial charge >= 0.3 is 0 Å². The van der Waals surface area contributed by atoms with Crippen molar-refractivity contribution < 1.29 is 4.79 Å². The molecule has 3 heterocycles. The Morgan fingerprint density at radius 3 is 3.17 bits per heavy atom. The number of carbonyl (C=O) groups is 1. The molecule has 7 heteroatoms. The number of likely N-dealkylation sites (N-methyl/N-ethyl adjacent to an activating group) is 1. The summed E-state index contributed by atoms with van der Waals surface area (Å²) in [6.45, 7) is 3.48. The average molecular weight is 328 g/mol. The van der Waals surface area contributed by atoms with Crippen LogP contribution in [0.5, 0.6) is 0 Å². The number of aromatic nitrogens is 3. The molecule has 3 N–H and O–H groups in total. The predicted molar refractivity (Wildman–Crippen MR) is 94.8 cm³/mol. The SMILES string of the molecule is CNC/C=C/C(=O)N1C[C@H](Nc2ncnc3[nH]ccc23)CC[C@@H]1C. The van der Waals surface area contributed by atoms with E-state index in [9.17, 15) is 4.79 Å². The topological polar surface area (TPSA) is 85.9 Å². The second-order valence-electron chi connectivity index (χ2n) is 6.18. The molecule has 0 aromatic carbocycles. The molecule has 3 rings (SSSR count). The van der Waals surface area contributed by atoms with Gasteiger partial charge < -0.3 is 20.5 Å². The van der Waals surface area contributed by atoms with Crippen LogP contribution < -0.4 is 10.6 Å². The summed E-state index contributed by atoms with van der Waals surface area (Å²) in [5, 5.41) is 7.46. The van der Waals surface area contributed by atoms with E-state index in [2.05, 4.69) is 32.5 Å². The Labute approximate surface area is 141 Å². The monoisotopic (exact) mass is 328 g/mol. The van der Waals surface area contributed by atoms with Gasteiger partial charge in [0, 0.05) is 37.4 Å². The second kappa shape index (κ2) is 7.44. The van der Waals surface area contributed by atoms with Gasteiger partial charge in [0.2, 0.25) is 5.91 Å². The number of hydrogen-bond acceptors (Lipinski definition) is 5. The van der Waals surface area contributed by atoms with Crippen LogP contribution in [0, 0.1) is 0 Å². The van der Waals surface area contributed by atoms with Crippen LogP contribution in [0.25, 0.3) is 11.0 Å². The number of hydrogen-bond donors (Lipinski definition) is 3. The van der Waals surface area contributed by atoms with E-state index in [1.54, 1.807) is 12.4 Å². The van der Waals surface area contributed by atoms with Crippen molar-refractivity contribution in [1.29, 1.82) is 0 Å². The Balaban J connectivity index is 1.69. The first-order chi connectivity index (χ1) is 11.7. The van der Waals surface area contributed by atoms with Crippen molar-refractivity contribution in [1.82, 2.24) is 25.2 Å². The maximum atomic E-state index is 12.4. The number of piperidine rings is 1. The van der Waals surface area contributed by atoms with E-state index in [4.69, 9.17) is 0 Å². The third-order valence-corrected chi connectivity index (χ3v) is 4.44. The largest absolute Gasteiger partial charge is 0.365 e. The molecule has 0 spiro atoms. The molecule has 0 aliphatic carbocycles. The summed E-state index contributed by atoms with van der Waals surface area (Å²) < 4.78 is 0. The van der Waals surface area contributed by atoms with Gasteiger partial charge in [-0.3, -0.25) is 4.79 Å². The summed E-state index contributed by atoms with van der Waals surface area (Å²) in [4.78, 5) is 26.0. The Kier molecular flexibility index (Phi) is 5.10. The molecule has 1 aliphatic rings. The lowest BCUT2D eigenvalue weighted by molar-refractivity contribution is -0.129. The summed E-state index contributed by atoms with van der Waals surface area (Å²) in [6, 6.07) is 2.41. The fourth-order valence-corrected chi connectivity index (χ4v) is 3.09. The van der Waals surface area contributed by atoms with Gasteiger partial charge in [0.15, 0.2) is 0 Å². The molecule has 24 heavy (non-hydrogen) atoms. The molecule has 0 unspecified atom stereocenters. The molecule has 2 aromatic heterocycles. The van der Waals surface area contributed by atoms with E-state index >= 15 is 0 Å². The summed E-state index contributed by atoms with van der Waals surface area (Å²) in [6.07, 6.45) is 8.92. The second-order valence-corrected chi connectivity index (χ2v) is 6.18. The standard InChI is InChI=1S/C17H24N6O/c1-12-5-6-13(10-23(12)15(24)4-3-8-18-2)22-17-14-7-9-19-16(14)20-11-21-17/h3-4,7,9,11-13,18H,5-6,8,10H2,1-2H3,(H2,19,20,21,22)/b4-3+/t12-,13+/m0/s1. The Morgan fingerprint density at radius 1 is 1.46 bits per heavy atom. The van der Waals surface area contributed by atoms with Crippen LogP contribution in [0.1, 0.15) is 19.8 Å². The highest BCUT2D eigenvalue weighted by Crippen LogP contribution is 2.23. The molecule has 1 fully saturated rings. The van der Waals surface area contributed by atoms with E-state index in [-0.39, 0.29) is 18.0 Å². The number of amides is 1. The molecule has 1 aliphatic heterocycles. The number of nitrogens with one attached hydrogen (secondary N) is 3. The minimum atomic E-state index is 0.0683. The van der Waals surface area contributed by atoms with E-state index in [1.807, 2.05) is 30.3 Å². The number of anilines is 1. The molecular formula is C17H24N6O. The van der Waals surface area contributed by atoms with Crippen LogP contribution in [-0.2, 0) is 4.79 Å². The van der Waals surface area contributed by atoms with Crippen molar-refractivity contribution in [2.24, 2.45) is 0 Å². The average Bonchev–Trinajstić information content (AvgIpc) is 3.06. The molecule has 0 saturated carbocycles. The first kappa shape index (κ1) is 16.4. The van der Waals surface area contributed by atoms with Crippen molar-refractivity contribution in [3.63, 3.8) is 0 Å². The minimum Gasteiger partial charge on any atom is -0.365 e. The minimum absolute atomic E-state index is 0.0683. The smallest absolute Gasteiger partial charge is 0.246 e. The van der Waals surface area contributed by atoms with Crippen LogP contribution in [0.2, 0.25) is 0 Å². The van der Waals surface area contributed by atoms with Crippen molar-refractivity contribution >= 4 is 22.8 Å². The van der Waals surface area contributed by atoms with Crippen LogP contribution in [0.15, 0.2) is 30.7 Å². The molecule has 1 amide bonds. The highest BCUT2D eigenvalue weighted by Gasteiger charge is 2.28. The predicted octanol–water partition coefficient (Wildman–Crippen LogP) is 1.52. The Morgan fingerprint density at radius 2 is 2.33 bits per heavy atom. The molecule has 1 saturated heterocycles. The molecule has 7 nitrogen and oxygen atoms in total. The highest BCUT2D eigenvalue weighted by molar-refractivity contribution is 5.88. The molecular weight excluding hydrogens is 304 g/mol. The molecule has 2 aromatic rings. The number of carbonyl (C=O) groups excluding carboxylic acids is 1. The fraction of sp³-hybridized carbons (Fsp3) is 0.471. The van der Waals surface area contributed by atoms with E-state index < -0.39 is 0 Å². The van der Waals surface area contributed by atoms with Crippen molar-refractivity contribution in [2.75, 3.05) is 25.5 Å². The van der Waals surface area contributed by atoms with Gasteiger partial charge in [-0.15, -0.1) is 0 Å². The van der Waals surface area contributed by atoms with Gasteiger partial charge in [-0.25, -0.2) is 9.97 Å². The maximum absolute atomic E-state index is 12.4. The van der Waals surface area contributed by atoms with Crippen molar-refractivity contribution in [3.8, 4) is 0 Å². The maximum Gasteiger partial charge on any atom is 0.246 e. The highest BCUT2D eigenvalue weighted by atomic mass is 16.2. The Hall–Kier alpha value is -2.41. The summed E-state index contributed by atoms with van der Waals surface area (Å²) in [5.74, 6) is 0.887. The van der Waals surface area contributed by atoms with E-state index in [1.165, 1.54) is 0 Å². The van der Waals surface area contributed by atoms with Crippen molar-refractivity contribution in [2.45, 2.75) is 31.8 Å². The molecule has 2 atom stereocenters. The van der Waals surface area contributed by atoms with Gasteiger partial charge in [-0.1, -0.05) is 6.08 Å². The summed E-state index contributed by atoms with van der Waals surface area (Å²) >= 11 is 0. The zero-order chi connectivity index (χ0) is 16.9. The number of nitrogens with zero attached hydrogens (tertiary/aromatic N) is 3. The lowest BCUT2D eigenvalue weighted by Gasteiger charge is -2.38. The number of H-pyrrole nitrogens is 1. The molecule has 0 bridgehead atoms. The van der Waals surface area contributed by atoms with Gasteiger partial charge in [-0.2, -0.15) is 0 Å². The third kappa shape index (κ3) is 3.56. The number of aromatic amines is 1. The normalized spacial score (nSPS) is 21.5. The first-order valence-electron chi connectivity index (χ1n) is 8.35. The molecule has 128 valence electrons. The fourth-order valence-electron chi connectivity index (χ4n) is 3.09. The van der Waals surface area contributed by atoms with Gasteiger partial charge in [0.25, 0.3) is 0 Å². The van der Waals surface area contributed by atoms with Crippen LogP contribution in [0.4, 0.5) is 5.82 Å². The van der Waals surface area contributed by atoms with Gasteiger partial charge in [0.1, 0.15) is 17.8 Å². The number of likely N-dealkylation sites (tertiary alicyclic amines) is 1. The van der Waals surface area contributed by atoms with Gasteiger partial charge in [-0.05, 0) is 32.9 Å². The van der Waals surface area contributed by atoms with Crippen LogP contribution >= 0.6 is 0 Å². The number of rotatable bonds is 5. The Bertz CT molecular complexity index is 725.